The van der Waals surface area contributed by atoms with Crippen LogP contribution in [0.25, 0.3) is 0 Å². The number of halogens is 1. The summed E-state index contributed by atoms with van der Waals surface area (Å²) in [5.41, 5.74) is 3.24. The van der Waals surface area contributed by atoms with Gasteiger partial charge in [0.05, 0.1) is 6.54 Å². The Morgan fingerprint density at radius 3 is 2.57 bits per heavy atom. The molecule has 1 fully saturated rings. The molecule has 6 heteroatoms. The first-order valence-corrected chi connectivity index (χ1v) is 10.9. The summed E-state index contributed by atoms with van der Waals surface area (Å²) in [7, 11) is 3.54. The molecule has 3 rings (SSSR count). The van der Waals surface area contributed by atoms with Crippen molar-refractivity contribution in [1.82, 2.24) is 15.5 Å². The lowest BCUT2D eigenvalue weighted by Crippen LogP contribution is -2.39. The van der Waals surface area contributed by atoms with Gasteiger partial charge < -0.3 is 15.5 Å². The van der Waals surface area contributed by atoms with Gasteiger partial charge in [-0.05, 0) is 61.6 Å². The largest absolute Gasteiger partial charge is 0.357 e. The maximum Gasteiger partial charge on any atom is 0.253 e. The van der Waals surface area contributed by atoms with E-state index in [1.54, 1.807) is 19.0 Å². The van der Waals surface area contributed by atoms with Crippen molar-refractivity contribution in [2.75, 3.05) is 33.7 Å². The van der Waals surface area contributed by atoms with Crippen LogP contribution in [0, 0.1) is 0 Å². The number of hydrogen-bond acceptors (Lipinski definition) is 2. The maximum absolute atomic E-state index is 12.2. The number of benzene rings is 2. The van der Waals surface area contributed by atoms with E-state index in [2.05, 4.69) is 35.8 Å². The monoisotopic (exact) mass is 426 g/mol. The third-order valence-corrected chi connectivity index (χ3v) is 5.70. The molecule has 0 bridgehead atoms. The normalized spacial score (nSPS) is 14.9. The molecule has 2 aromatic carbocycles. The Labute approximate surface area is 184 Å². The minimum absolute atomic E-state index is 0.0236. The van der Waals surface area contributed by atoms with E-state index in [4.69, 9.17) is 16.6 Å². The fourth-order valence-corrected chi connectivity index (χ4v) is 3.71. The highest BCUT2D eigenvalue weighted by Gasteiger charge is 2.44. The van der Waals surface area contributed by atoms with Gasteiger partial charge in [-0.2, -0.15) is 0 Å². The molecular formula is C24H31ClN4O. The molecule has 0 unspecified atom stereocenters. The summed E-state index contributed by atoms with van der Waals surface area (Å²) in [6.45, 7) is 4.37. The first kappa shape index (κ1) is 22.2. The number of rotatable bonds is 8. The van der Waals surface area contributed by atoms with Crippen molar-refractivity contribution in [3.05, 3.63) is 70.2 Å². The molecular weight excluding hydrogens is 396 g/mol. The molecule has 0 radical (unpaired) electrons. The second-order valence-electron chi connectivity index (χ2n) is 8.06. The Kier molecular flexibility index (Phi) is 7.38. The molecule has 1 aliphatic rings. The first-order valence-electron chi connectivity index (χ1n) is 10.5. The summed E-state index contributed by atoms with van der Waals surface area (Å²) in [5, 5.41) is 7.53. The molecule has 0 atom stereocenters. The van der Waals surface area contributed by atoms with Crippen molar-refractivity contribution in [3.8, 4) is 0 Å². The van der Waals surface area contributed by atoms with Crippen LogP contribution in [0.1, 0.15) is 41.3 Å². The number of guanidine groups is 1. The molecule has 2 N–H and O–H groups in total. The molecule has 1 saturated carbocycles. The highest BCUT2D eigenvalue weighted by atomic mass is 35.5. The van der Waals surface area contributed by atoms with Gasteiger partial charge in [0.2, 0.25) is 0 Å². The summed E-state index contributed by atoms with van der Waals surface area (Å²) >= 11 is 6.18. The smallest absolute Gasteiger partial charge is 0.253 e. The molecule has 5 nitrogen and oxygen atoms in total. The summed E-state index contributed by atoms with van der Waals surface area (Å²) < 4.78 is 0. The lowest BCUT2D eigenvalue weighted by atomic mass is 9.96. The van der Waals surface area contributed by atoms with Crippen LogP contribution in [0.2, 0.25) is 5.02 Å². The molecule has 0 saturated heterocycles. The Balaban J connectivity index is 1.59. The number of carbonyl (C=O) groups excluding carboxylic acids is 1. The predicted octanol–water partition coefficient (Wildman–Crippen LogP) is 3.87. The van der Waals surface area contributed by atoms with E-state index in [-0.39, 0.29) is 11.3 Å². The summed E-state index contributed by atoms with van der Waals surface area (Å²) in [4.78, 5) is 18.6. The topological polar surface area (TPSA) is 56.7 Å². The lowest BCUT2D eigenvalue weighted by molar-refractivity contribution is 0.0827. The van der Waals surface area contributed by atoms with Crippen LogP contribution < -0.4 is 10.6 Å². The number of nitrogens with zero attached hydrogens (tertiary/aromatic N) is 2. The Morgan fingerprint density at radius 1 is 1.13 bits per heavy atom. The number of nitrogens with one attached hydrogen (secondary N) is 2. The zero-order valence-corrected chi connectivity index (χ0v) is 18.8. The Morgan fingerprint density at radius 2 is 1.90 bits per heavy atom. The van der Waals surface area contributed by atoms with E-state index >= 15 is 0 Å². The van der Waals surface area contributed by atoms with E-state index in [0.29, 0.717) is 0 Å². The highest BCUT2D eigenvalue weighted by Crippen LogP contribution is 2.48. The summed E-state index contributed by atoms with van der Waals surface area (Å²) in [6, 6.07) is 16.0. The second kappa shape index (κ2) is 9.98. The lowest BCUT2D eigenvalue weighted by Gasteiger charge is -2.16. The number of hydrogen-bond donors (Lipinski definition) is 2. The van der Waals surface area contributed by atoms with Gasteiger partial charge in [-0.1, -0.05) is 35.9 Å². The van der Waals surface area contributed by atoms with Crippen molar-refractivity contribution < 1.29 is 4.79 Å². The van der Waals surface area contributed by atoms with E-state index < -0.39 is 0 Å². The Hall–Kier alpha value is -2.53. The van der Waals surface area contributed by atoms with E-state index in [0.717, 1.165) is 61.0 Å². The molecule has 0 aromatic heterocycles. The molecule has 0 aliphatic heterocycles. The number of aliphatic imine (C=N–C) groups is 1. The summed E-state index contributed by atoms with van der Waals surface area (Å²) in [5.74, 6) is 0.849. The van der Waals surface area contributed by atoms with Crippen molar-refractivity contribution in [3.63, 3.8) is 0 Å². The molecule has 1 aliphatic carbocycles. The van der Waals surface area contributed by atoms with Crippen molar-refractivity contribution in [1.29, 1.82) is 0 Å². The molecule has 30 heavy (non-hydrogen) atoms. The molecule has 0 heterocycles. The van der Waals surface area contributed by atoms with Gasteiger partial charge in [-0.3, -0.25) is 9.79 Å². The minimum atomic E-state index is 0.0236. The number of amides is 1. The van der Waals surface area contributed by atoms with Crippen LogP contribution >= 0.6 is 11.6 Å². The average molecular weight is 427 g/mol. The van der Waals surface area contributed by atoms with Crippen LogP contribution in [-0.2, 0) is 11.8 Å². The molecule has 160 valence electrons. The van der Waals surface area contributed by atoms with Crippen molar-refractivity contribution in [2.45, 2.75) is 31.6 Å². The SMILES string of the molecule is CCNC(=NCC1(c2cccc(Cl)c2)CC1)NCCc1cccc(C(=O)N(C)C)c1. The predicted molar refractivity (Wildman–Crippen MR) is 125 cm³/mol. The van der Waals surface area contributed by atoms with Crippen LogP contribution in [0.5, 0.6) is 0 Å². The van der Waals surface area contributed by atoms with Crippen molar-refractivity contribution in [2.24, 2.45) is 4.99 Å². The standard InChI is InChI=1S/C24H31ClN4O/c1-4-26-23(28-17-24(12-13-24)20-9-6-10-21(25)16-20)27-14-11-18-7-5-8-19(15-18)22(30)29(2)3/h5-10,15-16H,4,11-14,17H2,1-3H3,(H2,26,27,28). The second-order valence-corrected chi connectivity index (χ2v) is 8.50. The molecule has 2 aromatic rings. The zero-order chi connectivity index (χ0) is 21.6. The van der Waals surface area contributed by atoms with Gasteiger partial charge in [0, 0.05) is 43.2 Å². The van der Waals surface area contributed by atoms with E-state index in [1.165, 1.54) is 5.56 Å². The van der Waals surface area contributed by atoms with E-state index in [1.807, 2.05) is 30.3 Å². The third kappa shape index (κ3) is 5.76. The van der Waals surface area contributed by atoms with Gasteiger partial charge >= 0.3 is 0 Å². The summed E-state index contributed by atoms with van der Waals surface area (Å²) in [6.07, 6.45) is 3.10. The first-order chi connectivity index (χ1) is 14.4. The van der Waals surface area contributed by atoms with Crippen molar-refractivity contribution >= 4 is 23.5 Å². The van der Waals surface area contributed by atoms with Crippen LogP contribution in [-0.4, -0.2) is 50.5 Å². The van der Waals surface area contributed by atoms with Crippen LogP contribution in [0.15, 0.2) is 53.5 Å². The quantitative estimate of drug-likeness (QED) is 0.497. The van der Waals surface area contributed by atoms with Gasteiger partial charge in [0.25, 0.3) is 5.91 Å². The molecule has 0 spiro atoms. The number of carbonyl (C=O) groups is 1. The average Bonchev–Trinajstić information content (AvgIpc) is 3.53. The highest BCUT2D eigenvalue weighted by molar-refractivity contribution is 6.30. The van der Waals surface area contributed by atoms with Gasteiger partial charge in [0.15, 0.2) is 5.96 Å². The van der Waals surface area contributed by atoms with Gasteiger partial charge in [0.1, 0.15) is 0 Å². The third-order valence-electron chi connectivity index (χ3n) is 5.46. The van der Waals surface area contributed by atoms with Gasteiger partial charge in [-0.15, -0.1) is 0 Å². The van der Waals surface area contributed by atoms with Gasteiger partial charge in [-0.25, -0.2) is 0 Å². The van der Waals surface area contributed by atoms with Crippen LogP contribution in [0.3, 0.4) is 0 Å². The maximum atomic E-state index is 12.2. The fraction of sp³-hybridized carbons (Fsp3) is 0.417. The minimum Gasteiger partial charge on any atom is -0.357 e. The zero-order valence-electron chi connectivity index (χ0n) is 18.0. The van der Waals surface area contributed by atoms with E-state index in [9.17, 15) is 4.79 Å². The molecule has 1 amide bonds. The Bertz CT molecular complexity index is 906. The fourth-order valence-electron chi connectivity index (χ4n) is 3.52. The van der Waals surface area contributed by atoms with Crippen LogP contribution in [0.4, 0.5) is 0 Å².